The first-order chi connectivity index (χ1) is 8.58. The number of aryl methyl sites for hydroxylation is 1. The van der Waals surface area contributed by atoms with Crippen LogP contribution in [0.5, 0.6) is 0 Å². The van der Waals surface area contributed by atoms with E-state index in [1.807, 2.05) is 0 Å². The maximum atomic E-state index is 11.8. The molecule has 1 aliphatic rings. The zero-order valence-corrected chi connectivity index (χ0v) is 11.0. The summed E-state index contributed by atoms with van der Waals surface area (Å²) in [4.78, 5) is 24.6. The molecule has 0 spiro atoms. The van der Waals surface area contributed by atoms with Gasteiger partial charge in [0.05, 0.1) is 6.54 Å². The van der Waals surface area contributed by atoms with Gasteiger partial charge in [-0.3, -0.25) is 4.79 Å². The van der Waals surface area contributed by atoms with Crippen molar-refractivity contribution in [2.24, 2.45) is 11.7 Å². The molecule has 0 bridgehead atoms. The average Bonchev–Trinajstić information content (AvgIpc) is 3.00. The van der Waals surface area contributed by atoms with E-state index in [9.17, 15) is 9.59 Å². The second-order valence-electron chi connectivity index (χ2n) is 4.36. The Hall–Kier alpha value is -1.56. The molecule has 6 heteroatoms. The Labute approximate surface area is 109 Å². The van der Waals surface area contributed by atoms with Crippen molar-refractivity contribution in [2.45, 2.75) is 19.3 Å². The van der Waals surface area contributed by atoms with Crippen molar-refractivity contribution in [3.63, 3.8) is 0 Å². The Morgan fingerprint density at radius 2 is 2.33 bits per heavy atom. The summed E-state index contributed by atoms with van der Waals surface area (Å²) in [5, 5.41) is 2.74. The Balaban J connectivity index is 1.71. The third kappa shape index (κ3) is 3.22. The first kappa shape index (κ1) is 12.9. The van der Waals surface area contributed by atoms with E-state index >= 15 is 0 Å². The number of hydrogen-bond donors (Lipinski definition) is 2. The van der Waals surface area contributed by atoms with Crippen molar-refractivity contribution >= 4 is 23.3 Å². The Morgan fingerprint density at radius 1 is 1.56 bits per heavy atom. The van der Waals surface area contributed by atoms with Crippen LogP contribution in [0.2, 0.25) is 0 Å². The smallest absolute Gasteiger partial charge is 0.404 e. The molecule has 0 unspecified atom stereocenters. The maximum absolute atomic E-state index is 11.8. The van der Waals surface area contributed by atoms with Crippen LogP contribution in [-0.2, 0) is 9.53 Å². The van der Waals surface area contributed by atoms with Gasteiger partial charge in [-0.15, -0.1) is 11.3 Å². The van der Waals surface area contributed by atoms with Gasteiger partial charge in [-0.2, -0.15) is 0 Å². The molecular formula is C12H16N2O3S. The van der Waals surface area contributed by atoms with E-state index in [1.165, 1.54) is 9.75 Å². The van der Waals surface area contributed by atoms with Crippen LogP contribution in [0, 0.1) is 12.8 Å². The second kappa shape index (κ2) is 5.39. The largest absolute Gasteiger partial charge is 0.448 e. The van der Waals surface area contributed by atoms with Crippen molar-refractivity contribution in [1.29, 1.82) is 0 Å². The van der Waals surface area contributed by atoms with Crippen molar-refractivity contribution in [1.82, 2.24) is 5.32 Å². The molecule has 0 saturated heterocycles. The van der Waals surface area contributed by atoms with E-state index in [1.54, 1.807) is 11.3 Å². The first-order valence-corrected chi connectivity index (χ1v) is 6.66. The van der Waals surface area contributed by atoms with Crippen LogP contribution in [0.15, 0.2) is 12.1 Å². The number of amides is 2. The average molecular weight is 268 g/mol. The van der Waals surface area contributed by atoms with E-state index in [0.717, 1.165) is 6.42 Å². The van der Waals surface area contributed by atoms with Crippen LogP contribution in [0.4, 0.5) is 4.79 Å². The van der Waals surface area contributed by atoms with E-state index in [-0.39, 0.29) is 18.4 Å². The number of primary amides is 1. The predicted molar refractivity (Wildman–Crippen MR) is 68.4 cm³/mol. The third-order valence-corrected chi connectivity index (χ3v) is 4.03. The van der Waals surface area contributed by atoms with Gasteiger partial charge in [-0.25, -0.2) is 4.79 Å². The topological polar surface area (TPSA) is 81.4 Å². The van der Waals surface area contributed by atoms with Crippen molar-refractivity contribution in [3.8, 4) is 0 Å². The van der Waals surface area contributed by atoms with Crippen LogP contribution in [0.1, 0.15) is 22.1 Å². The molecule has 2 rings (SSSR count). The second-order valence-corrected chi connectivity index (χ2v) is 5.68. The minimum absolute atomic E-state index is 0.0270. The molecule has 3 N–H and O–H groups in total. The highest BCUT2D eigenvalue weighted by Crippen LogP contribution is 2.49. The molecule has 2 amide bonds. The molecule has 1 saturated carbocycles. The molecule has 0 aromatic carbocycles. The van der Waals surface area contributed by atoms with Crippen LogP contribution in [0.25, 0.3) is 0 Å². The van der Waals surface area contributed by atoms with Gasteiger partial charge >= 0.3 is 6.09 Å². The van der Waals surface area contributed by atoms with Gasteiger partial charge in [0.1, 0.15) is 6.61 Å². The number of carbonyl (C=O) groups is 2. The summed E-state index contributed by atoms with van der Waals surface area (Å²) in [6.45, 7) is 2.50. The SMILES string of the molecule is Cc1ccc([C@H]2C[C@H]2C(=O)NCCOC(N)=O)s1. The summed E-state index contributed by atoms with van der Waals surface area (Å²) in [5.74, 6) is 0.455. The van der Waals surface area contributed by atoms with Gasteiger partial charge in [-0.1, -0.05) is 0 Å². The van der Waals surface area contributed by atoms with Crippen molar-refractivity contribution < 1.29 is 14.3 Å². The number of nitrogens with two attached hydrogens (primary N) is 1. The highest BCUT2D eigenvalue weighted by Gasteiger charge is 2.44. The summed E-state index contributed by atoms with van der Waals surface area (Å²) in [6, 6.07) is 4.17. The molecule has 0 aliphatic heterocycles. The monoisotopic (exact) mass is 268 g/mol. The van der Waals surface area contributed by atoms with Crippen LogP contribution >= 0.6 is 11.3 Å². The van der Waals surface area contributed by atoms with Crippen LogP contribution < -0.4 is 11.1 Å². The fraction of sp³-hybridized carbons (Fsp3) is 0.500. The zero-order valence-electron chi connectivity index (χ0n) is 10.1. The lowest BCUT2D eigenvalue weighted by Crippen LogP contribution is -2.30. The van der Waals surface area contributed by atoms with Gasteiger partial charge in [-0.05, 0) is 25.5 Å². The molecule has 1 heterocycles. The molecule has 1 fully saturated rings. The normalized spacial score (nSPS) is 21.4. The lowest BCUT2D eigenvalue weighted by molar-refractivity contribution is -0.122. The Morgan fingerprint density at radius 3 is 2.94 bits per heavy atom. The summed E-state index contributed by atoms with van der Waals surface area (Å²) in [5.41, 5.74) is 4.81. The predicted octanol–water partition coefficient (Wildman–Crippen LogP) is 1.37. The highest BCUT2D eigenvalue weighted by atomic mass is 32.1. The summed E-state index contributed by atoms with van der Waals surface area (Å²) < 4.78 is 4.53. The highest BCUT2D eigenvalue weighted by molar-refractivity contribution is 7.12. The molecular weight excluding hydrogens is 252 g/mol. The van der Waals surface area contributed by atoms with Gasteiger partial charge < -0.3 is 15.8 Å². The molecule has 5 nitrogen and oxygen atoms in total. The number of hydrogen-bond acceptors (Lipinski definition) is 4. The molecule has 1 aromatic heterocycles. The van der Waals surface area contributed by atoms with Gasteiger partial charge in [0, 0.05) is 21.6 Å². The molecule has 2 atom stereocenters. The first-order valence-electron chi connectivity index (χ1n) is 5.84. The van der Waals surface area contributed by atoms with Gasteiger partial charge in [0.15, 0.2) is 0 Å². The van der Waals surface area contributed by atoms with Crippen LogP contribution in [0.3, 0.4) is 0 Å². The minimum Gasteiger partial charge on any atom is -0.448 e. The fourth-order valence-corrected chi connectivity index (χ4v) is 2.96. The Kier molecular flexibility index (Phi) is 3.86. The summed E-state index contributed by atoms with van der Waals surface area (Å²) in [7, 11) is 0. The zero-order chi connectivity index (χ0) is 13.1. The third-order valence-electron chi connectivity index (χ3n) is 2.90. The minimum atomic E-state index is -0.817. The molecule has 0 radical (unpaired) electrons. The van der Waals surface area contributed by atoms with Crippen LogP contribution in [-0.4, -0.2) is 25.2 Å². The fourth-order valence-electron chi connectivity index (χ4n) is 1.91. The standard InChI is InChI=1S/C12H16N2O3S/c1-7-2-3-10(18-7)8-6-9(8)11(15)14-4-5-17-12(13)16/h2-3,8-9H,4-6H2,1H3,(H2,13,16)(H,14,15)/t8-,9+/m0/s1. The quantitative estimate of drug-likeness (QED) is 0.791. The molecule has 18 heavy (non-hydrogen) atoms. The van der Waals surface area contributed by atoms with Gasteiger partial charge in [0.2, 0.25) is 5.91 Å². The summed E-state index contributed by atoms with van der Waals surface area (Å²) in [6.07, 6.45) is 0.0882. The number of rotatable bonds is 5. The van der Waals surface area contributed by atoms with E-state index in [2.05, 4.69) is 29.1 Å². The molecule has 1 aromatic rings. The van der Waals surface area contributed by atoms with Gasteiger partial charge in [0.25, 0.3) is 0 Å². The Bertz CT molecular complexity index is 458. The number of ether oxygens (including phenoxy) is 1. The van der Waals surface area contributed by atoms with Crippen molar-refractivity contribution in [3.05, 3.63) is 21.9 Å². The van der Waals surface area contributed by atoms with E-state index < -0.39 is 6.09 Å². The maximum Gasteiger partial charge on any atom is 0.404 e. The molecule has 1 aliphatic carbocycles. The van der Waals surface area contributed by atoms with E-state index in [0.29, 0.717) is 12.5 Å². The van der Waals surface area contributed by atoms with E-state index in [4.69, 9.17) is 5.73 Å². The number of thiophene rings is 1. The molecule has 98 valence electrons. The lowest BCUT2D eigenvalue weighted by atomic mass is 10.2. The number of carbonyl (C=O) groups excluding carboxylic acids is 2. The van der Waals surface area contributed by atoms with Crippen molar-refractivity contribution in [2.75, 3.05) is 13.2 Å². The lowest BCUT2D eigenvalue weighted by Gasteiger charge is -2.04. The number of nitrogens with one attached hydrogen (secondary N) is 1. The summed E-state index contributed by atoms with van der Waals surface area (Å²) >= 11 is 1.75.